The van der Waals surface area contributed by atoms with Gasteiger partial charge in [-0.25, -0.2) is 14.8 Å². The van der Waals surface area contributed by atoms with Gasteiger partial charge >= 0.3 is 5.97 Å². The molecule has 0 unspecified atom stereocenters. The third-order valence-electron chi connectivity index (χ3n) is 0.974. The Balaban J connectivity index is 0.000000671. The standard InChI is InChI=1S/C5H4BrN3O2.C2H6/c6-2-1-8-4(7)3(9-2)5(10)11;1-2/h1H,(H2,7,8)(H,10,11);1-2H3. The highest BCUT2D eigenvalue weighted by Gasteiger charge is 2.10. The molecule has 0 aliphatic rings. The van der Waals surface area contributed by atoms with Gasteiger partial charge in [-0.05, 0) is 15.9 Å². The Morgan fingerprint density at radius 3 is 2.54 bits per heavy atom. The molecule has 0 saturated heterocycles. The van der Waals surface area contributed by atoms with Crippen LogP contribution in [0.4, 0.5) is 5.82 Å². The van der Waals surface area contributed by atoms with Crippen molar-refractivity contribution in [2.75, 3.05) is 5.73 Å². The number of carboxylic acid groups (broad SMARTS) is 1. The van der Waals surface area contributed by atoms with Crippen molar-refractivity contribution in [2.24, 2.45) is 0 Å². The van der Waals surface area contributed by atoms with Crippen LogP contribution in [0.15, 0.2) is 10.8 Å². The van der Waals surface area contributed by atoms with E-state index in [9.17, 15) is 4.79 Å². The van der Waals surface area contributed by atoms with Crippen LogP contribution in [-0.4, -0.2) is 21.0 Å². The first-order valence-corrected chi connectivity index (χ1v) is 4.42. The monoisotopic (exact) mass is 247 g/mol. The van der Waals surface area contributed by atoms with Crippen molar-refractivity contribution in [1.29, 1.82) is 0 Å². The molecule has 1 heterocycles. The predicted octanol–water partition coefficient (Wildman–Crippen LogP) is 1.55. The zero-order chi connectivity index (χ0) is 10.4. The van der Waals surface area contributed by atoms with Gasteiger partial charge in [0.25, 0.3) is 0 Å². The van der Waals surface area contributed by atoms with E-state index in [-0.39, 0.29) is 11.5 Å². The molecule has 0 saturated carbocycles. The summed E-state index contributed by atoms with van der Waals surface area (Å²) in [6.07, 6.45) is 1.34. The second kappa shape index (κ2) is 5.47. The average Bonchev–Trinajstić information content (AvgIpc) is 2.12. The van der Waals surface area contributed by atoms with Gasteiger partial charge < -0.3 is 10.8 Å². The van der Waals surface area contributed by atoms with E-state index >= 15 is 0 Å². The highest BCUT2D eigenvalue weighted by molar-refractivity contribution is 9.10. The molecule has 0 radical (unpaired) electrons. The number of nitrogens with zero attached hydrogens (tertiary/aromatic N) is 2. The lowest BCUT2D eigenvalue weighted by Crippen LogP contribution is -2.07. The fourth-order valence-corrected chi connectivity index (χ4v) is 0.814. The van der Waals surface area contributed by atoms with Gasteiger partial charge in [0, 0.05) is 0 Å². The quantitative estimate of drug-likeness (QED) is 0.786. The number of aromatic nitrogens is 2. The number of carbonyl (C=O) groups is 1. The number of anilines is 1. The van der Waals surface area contributed by atoms with Crippen molar-refractivity contribution in [1.82, 2.24) is 9.97 Å². The fourth-order valence-electron chi connectivity index (χ4n) is 0.534. The van der Waals surface area contributed by atoms with Gasteiger partial charge in [0.05, 0.1) is 6.20 Å². The van der Waals surface area contributed by atoms with Gasteiger partial charge in [-0.15, -0.1) is 0 Å². The molecule has 0 atom stereocenters. The Kier molecular flexibility index (Phi) is 4.98. The van der Waals surface area contributed by atoms with E-state index in [0.29, 0.717) is 4.60 Å². The van der Waals surface area contributed by atoms with Crippen LogP contribution < -0.4 is 5.73 Å². The summed E-state index contributed by atoms with van der Waals surface area (Å²) in [7, 11) is 0. The summed E-state index contributed by atoms with van der Waals surface area (Å²) in [5, 5.41) is 8.49. The van der Waals surface area contributed by atoms with Gasteiger partial charge in [0.15, 0.2) is 11.5 Å². The molecule has 0 spiro atoms. The molecule has 72 valence electrons. The topological polar surface area (TPSA) is 89.1 Å². The maximum Gasteiger partial charge on any atom is 0.358 e. The van der Waals surface area contributed by atoms with Gasteiger partial charge in [-0.1, -0.05) is 13.8 Å². The summed E-state index contributed by atoms with van der Waals surface area (Å²) in [6, 6.07) is 0. The minimum Gasteiger partial charge on any atom is -0.476 e. The summed E-state index contributed by atoms with van der Waals surface area (Å²) in [5.41, 5.74) is 4.98. The molecule has 13 heavy (non-hydrogen) atoms. The Bertz CT molecular complexity index is 304. The number of rotatable bonds is 1. The highest BCUT2D eigenvalue weighted by atomic mass is 79.9. The zero-order valence-corrected chi connectivity index (χ0v) is 8.87. The van der Waals surface area contributed by atoms with Crippen molar-refractivity contribution in [3.8, 4) is 0 Å². The van der Waals surface area contributed by atoms with Crippen LogP contribution >= 0.6 is 15.9 Å². The Morgan fingerprint density at radius 2 is 2.15 bits per heavy atom. The molecule has 1 rings (SSSR count). The van der Waals surface area contributed by atoms with E-state index in [1.807, 2.05) is 13.8 Å². The van der Waals surface area contributed by atoms with Crippen molar-refractivity contribution in [2.45, 2.75) is 13.8 Å². The second-order valence-corrected chi connectivity index (χ2v) is 2.54. The first-order chi connectivity index (χ1) is 6.11. The number of hydrogen-bond donors (Lipinski definition) is 2. The third kappa shape index (κ3) is 3.37. The van der Waals surface area contributed by atoms with Crippen molar-refractivity contribution >= 4 is 27.7 Å². The number of carboxylic acids is 1. The minimum atomic E-state index is -1.18. The summed E-state index contributed by atoms with van der Waals surface area (Å²) >= 11 is 2.97. The number of aromatic carboxylic acids is 1. The smallest absolute Gasteiger partial charge is 0.358 e. The first kappa shape index (κ1) is 11.8. The maximum atomic E-state index is 10.4. The van der Waals surface area contributed by atoms with E-state index in [1.54, 1.807) is 0 Å². The summed E-state index contributed by atoms with van der Waals surface area (Å²) in [6.45, 7) is 4.00. The van der Waals surface area contributed by atoms with Crippen LogP contribution in [-0.2, 0) is 0 Å². The van der Waals surface area contributed by atoms with Gasteiger partial charge in [-0.2, -0.15) is 0 Å². The fraction of sp³-hybridized carbons (Fsp3) is 0.286. The third-order valence-corrected chi connectivity index (χ3v) is 1.36. The number of hydrogen-bond acceptors (Lipinski definition) is 4. The predicted molar refractivity (Wildman–Crippen MR) is 52.5 cm³/mol. The molecule has 0 aromatic carbocycles. The van der Waals surface area contributed by atoms with Crippen molar-refractivity contribution in [3.63, 3.8) is 0 Å². The van der Waals surface area contributed by atoms with E-state index in [1.165, 1.54) is 6.20 Å². The van der Waals surface area contributed by atoms with Gasteiger partial charge in [0.1, 0.15) is 4.60 Å². The zero-order valence-electron chi connectivity index (χ0n) is 7.28. The lowest BCUT2D eigenvalue weighted by molar-refractivity contribution is 0.0691. The van der Waals surface area contributed by atoms with E-state index in [4.69, 9.17) is 10.8 Å². The Labute approximate surface area is 84.1 Å². The Morgan fingerprint density at radius 1 is 1.62 bits per heavy atom. The summed E-state index contributed by atoms with van der Waals surface area (Å²) in [4.78, 5) is 17.6. The van der Waals surface area contributed by atoms with Gasteiger partial charge in [-0.3, -0.25) is 0 Å². The van der Waals surface area contributed by atoms with Crippen LogP contribution in [0.25, 0.3) is 0 Å². The maximum absolute atomic E-state index is 10.4. The largest absolute Gasteiger partial charge is 0.476 e. The molecule has 0 fully saturated rings. The van der Waals surface area contributed by atoms with Crippen molar-refractivity contribution in [3.05, 3.63) is 16.5 Å². The minimum absolute atomic E-state index is 0.0827. The SMILES string of the molecule is CC.Nc1ncc(Br)nc1C(=O)O. The highest BCUT2D eigenvalue weighted by Crippen LogP contribution is 2.09. The first-order valence-electron chi connectivity index (χ1n) is 3.62. The number of nitrogen functional groups attached to an aromatic ring is 1. The molecule has 0 aliphatic carbocycles. The van der Waals surface area contributed by atoms with Crippen LogP contribution in [0.1, 0.15) is 24.3 Å². The molecule has 0 amide bonds. The van der Waals surface area contributed by atoms with E-state index in [2.05, 4.69) is 25.9 Å². The van der Waals surface area contributed by atoms with Gasteiger partial charge in [0.2, 0.25) is 0 Å². The average molecular weight is 248 g/mol. The Hall–Kier alpha value is -1.17. The molecule has 3 N–H and O–H groups in total. The summed E-state index contributed by atoms with van der Waals surface area (Å²) in [5.74, 6) is -1.27. The molecule has 1 aromatic rings. The summed E-state index contributed by atoms with van der Waals surface area (Å²) < 4.78 is 0.351. The number of nitrogens with two attached hydrogens (primary N) is 1. The van der Waals surface area contributed by atoms with Crippen LogP contribution in [0.2, 0.25) is 0 Å². The molecular weight excluding hydrogens is 238 g/mol. The molecule has 5 nitrogen and oxygen atoms in total. The van der Waals surface area contributed by atoms with Crippen molar-refractivity contribution < 1.29 is 9.90 Å². The number of halogens is 1. The molecule has 0 bridgehead atoms. The van der Waals surface area contributed by atoms with E-state index in [0.717, 1.165) is 0 Å². The lowest BCUT2D eigenvalue weighted by Gasteiger charge is -1.97. The second-order valence-electron chi connectivity index (χ2n) is 1.73. The molecule has 6 heteroatoms. The van der Waals surface area contributed by atoms with Crippen LogP contribution in [0, 0.1) is 0 Å². The lowest BCUT2D eigenvalue weighted by atomic mass is 10.4. The van der Waals surface area contributed by atoms with Crippen LogP contribution in [0.5, 0.6) is 0 Å². The van der Waals surface area contributed by atoms with E-state index < -0.39 is 5.97 Å². The molecule has 1 aromatic heterocycles. The van der Waals surface area contributed by atoms with Crippen LogP contribution in [0.3, 0.4) is 0 Å². The molecule has 0 aliphatic heterocycles. The normalized spacial score (nSPS) is 8.54. The molecular formula is C7H10BrN3O2.